The number of fused-ring (bicyclic) bond motifs is 1. The molecule has 6 nitrogen and oxygen atoms in total. The minimum Gasteiger partial charge on any atom is -0.451 e. The van der Waals surface area contributed by atoms with Gasteiger partial charge in [-0.25, -0.2) is 4.98 Å². The van der Waals surface area contributed by atoms with Crippen molar-refractivity contribution in [2.24, 2.45) is 0 Å². The number of aromatic nitrogens is 1. The maximum atomic E-state index is 12.9. The second kappa shape index (κ2) is 9.73. The number of amides is 2. The summed E-state index contributed by atoms with van der Waals surface area (Å²) < 4.78 is 6.76. The highest BCUT2D eigenvalue weighted by molar-refractivity contribution is 8.00. The molecule has 0 spiro atoms. The van der Waals surface area contributed by atoms with Gasteiger partial charge in [-0.3, -0.25) is 9.59 Å². The molecule has 0 bridgehead atoms. The van der Waals surface area contributed by atoms with Crippen molar-refractivity contribution in [1.29, 1.82) is 0 Å². The molecule has 160 valence electrons. The van der Waals surface area contributed by atoms with Crippen molar-refractivity contribution >= 4 is 51.6 Å². The van der Waals surface area contributed by atoms with Gasteiger partial charge >= 0.3 is 0 Å². The Balaban J connectivity index is 1.46. The van der Waals surface area contributed by atoms with Crippen molar-refractivity contribution in [3.05, 3.63) is 76.5 Å². The summed E-state index contributed by atoms with van der Waals surface area (Å²) in [7, 11) is 0. The molecule has 0 atom stereocenters. The Hall–Kier alpha value is -3.54. The van der Waals surface area contributed by atoms with Gasteiger partial charge in [0.25, 0.3) is 5.91 Å². The number of hydrogen-bond acceptors (Lipinski definition) is 6. The van der Waals surface area contributed by atoms with Crippen molar-refractivity contribution in [1.82, 2.24) is 10.3 Å². The Bertz CT molecular complexity index is 1330. The Morgan fingerprint density at radius 1 is 1.22 bits per heavy atom. The number of hydrogen-bond donors (Lipinski definition) is 2. The molecule has 0 saturated heterocycles. The summed E-state index contributed by atoms with van der Waals surface area (Å²) in [5.41, 5.74) is 3.59. The summed E-state index contributed by atoms with van der Waals surface area (Å²) in [6.07, 6.45) is 5.39. The van der Waals surface area contributed by atoms with Crippen molar-refractivity contribution < 1.29 is 14.0 Å². The molecule has 2 N–H and O–H groups in total. The number of carbonyl (C=O) groups excluding carboxylic acids is 2. The average molecular weight is 462 g/mol. The van der Waals surface area contributed by atoms with Gasteiger partial charge in [0.1, 0.15) is 9.92 Å². The fourth-order valence-electron chi connectivity index (χ4n) is 3.09. The van der Waals surface area contributed by atoms with E-state index in [1.807, 2.05) is 36.6 Å². The maximum absolute atomic E-state index is 12.9. The third-order valence-electron chi connectivity index (χ3n) is 4.56. The maximum Gasteiger partial charge on any atom is 0.287 e. The smallest absolute Gasteiger partial charge is 0.287 e. The summed E-state index contributed by atoms with van der Waals surface area (Å²) in [5, 5.41) is 8.22. The Labute approximate surface area is 193 Å². The van der Waals surface area contributed by atoms with Crippen LogP contribution < -0.4 is 10.6 Å². The molecule has 0 unspecified atom stereocenters. The molecule has 8 heteroatoms. The SMILES string of the molecule is C#Cc1cccc(NC(=O)CNC(=O)c2oc3ccccc3c2CSc2nc(C)cs2)c1. The molecule has 0 fully saturated rings. The van der Waals surface area contributed by atoms with E-state index in [2.05, 4.69) is 21.5 Å². The molecule has 2 aromatic carbocycles. The van der Waals surface area contributed by atoms with Gasteiger partial charge in [0, 0.05) is 39.0 Å². The lowest BCUT2D eigenvalue weighted by atomic mass is 10.1. The summed E-state index contributed by atoms with van der Waals surface area (Å²) in [6, 6.07) is 14.4. The van der Waals surface area contributed by atoms with Gasteiger partial charge in [-0.1, -0.05) is 41.9 Å². The largest absolute Gasteiger partial charge is 0.451 e. The van der Waals surface area contributed by atoms with Gasteiger partial charge in [0.05, 0.1) is 6.54 Å². The van der Waals surface area contributed by atoms with Crippen LogP contribution in [0.5, 0.6) is 0 Å². The standard InChI is InChI=1S/C24H19N3O3S2/c1-3-16-7-6-8-17(11-16)27-21(28)12-25-23(29)22-19(14-32-24-26-15(2)13-31-24)18-9-4-5-10-20(18)30-22/h1,4-11,13H,12,14H2,2H3,(H,25,29)(H,27,28). The molecule has 0 aliphatic carbocycles. The number of aryl methyl sites for hydroxylation is 1. The van der Waals surface area contributed by atoms with Crippen molar-refractivity contribution in [3.63, 3.8) is 0 Å². The highest BCUT2D eigenvalue weighted by Gasteiger charge is 2.21. The number of benzene rings is 2. The zero-order valence-corrected chi connectivity index (χ0v) is 18.8. The molecule has 4 rings (SSSR count). The number of terminal acetylenes is 1. The van der Waals surface area contributed by atoms with Crippen LogP contribution in [0.15, 0.2) is 62.7 Å². The van der Waals surface area contributed by atoms with E-state index in [0.29, 0.717) is 22.6 Å². The van der Waals surface area contributed by atoms with Gasteiger partial charge in [0.2, 0.25) is 5.91 Å². The zero-order chi connectivity index (χ0) is 22.5. The van der Waals surface area contributed by atoms with Gasteiger partial charge in [-0.2, -0.15) is 0 Å². The Kier molecular flexibility index (Phi) is 6.59. The predicted molar refractivity (Wildman–Crippen MR) is 128 cm³/mol. The van der Waals surface area contributed by atoms with E-state index in [-0.39, 0.29) is 18.2 Å². The van der Waals surface area contributed by atoms with Gasteiger partial charge < -0.3 is 15.1 Å². The highest BCUT2D eigenvalue weighted by atomic mass is 32.2. The van der Waals surface area contributed by atoms with Crippen molar-refractivity contribution in [3.8, 4) is 12.3 Å². The minimum atomic E-state index is -0.445. The second-order valence-corrected chi connectivity index (χ2v) is 8.99. The Morgan fingerprint density at radius 2 is 2.06 bits per heavy atom. The number of nitrogens with zero attached hydrogens (tertiary/aromatic N) is 1. The van der Waals surface area contributed by atoms with Gasteiger partial charge in [0.15, 0.2) is 5.76 Å². The lowest BCUT2D eigenvalue weighted by Gasteiger charge is -2.07. The zero-order valence-electron chi connectivity index (χ0n) is 17.2. The van der Waals surface area contributed by atoms with Crippen LogP contribution in [-0.2, 0) is 10.5 Å². The van der Waals surface area contributed by atoms with E-state index in [9.17, 15) is 9.59 Å². The van der Waals surface area contributed by atoms with Crippen LogP contribution in [0.3, 0.4) is 0 Å². The fourth-order valence-corrected chi connectivity index (χ4v) is 4.97. The molecule has 4 aromatic rings. The summed E-state index contributed by atoms with van der Waals surface area (Å²) in [6.45, 7) is 1.74. The topological polar surface area (TPSA) is 84.2 Å². The first-order valence-electron chi connectivity index (χ1n) is 9.73. The monoisotopic (exact) mass is 461 g/mol. The molecule has 2 amide bonds. The van der Waals surface area contributed by atoms with Gasteiger partial charge in [-0.15, -0.1) is 17.8 Å². The van der Waals surface area contributed by atoms with E-state index < -0.39 is 5.91 Å². The van der Waals surface area contributed by atoms with E-state index in [4.69, 9.17) is 10.8 Å². The van der Waals surface area contributed by atoms with E-state index in [1.165, 1.54) is 0 Å². The quantitative estimate of drug-likeness (QED) is 0.304. The number of anilines is 1. The lowest BCUT2D eigenvalue weighted by Crippen LogP contribution is -2.33. The van der Waals surface area contributed by atoms with Crippen LogP contribution in [0.25, 0.3) is 11.0 Å². The molecule has 2 heterocycles. The molecular weight excluding hydrogens is 442 g/mol. The van der Waals surface area contributed by atoms with E-state index in [1.54, 1.807) is 47.4 Å². The number of rotatable bonds is 7. The molecule has 0 aliphatic rings. The number of thioether (sulfide) groups is 1. The average Bonchev–Trinajstić information content (AvgIpc) is 3.39. The molecule has 2 aromatic heterocycles. The first-order valence-corrected chi connectivity index (χ1v) is 11.6. The molecule has 0 aliphatic heterocycles. The third-order valence-corrected chi connectivity index (χ3v) is 6.73. The minimum absolute atomic E-state index is 0.200. The summed E-state index contributed by atoms with van der Waals surface area (Å²) in [5.74, 6) is 2.44. The van der Waals surface area contributed by atoms with Crippen LogP contribution in [0.4, 0.5) is 5.69 Å². The number of carbonyl (C=O) groups is 2. The van der Waals surface area contributed by atoms with Crippen molar-refractivity contribution in [2.45, 2.75) is 17.0 Å². The number of para-hydroxylation sites is 1. The second-order valence-electron chi connectivity index (χ2n) is 6.91. The fraction of sp³-hybridized carbons (Fsp3) is 0.125. The first-order chi connectivity index (χ1) is 15.5. The summed E-state index contributed by atoms with van der Waals surface area (Å²) in [4.78, 5) is 29.6. The van der Waals surface area contributed by atoms with Crippen LogP contribution in [0.2, 0.25) is 0 Å². The van der Waals surface area contributed by atoms with E-state index in [0.717, 1.165) is 21.0 Å². The highest BCUT2D eigenvalue weighted by Crippen LogP contribution is 2.33. The third kappa shape index (κ3) is 5.02. The molecule has 32 heavy (non-hydrogen) atoms. The lowest BCUT2D eigenvalue weighted by molar-refractivity contribution is -0.115. The van der Waals surface area contributed by atoms with Crippen molar-refractivity contribution in [2.75, 3.05) is 11.9 Å². The van der Waals surface area contributed by atoms with Gasteiger partial charge in [-0.05, 0) is 31.2 Å². The molecule has 0 saturated carbocycles. The van der Waals surface area contributed by atoms with Crippen LogP contribution in [-0.4, -0.2) is 23.3 Å². The van der Waals surface area contributed by atoms with E-state index >= 15 is 0 Å². The number of thiazole rings is 1. The first kappa shape index (κ1) is 21.7. The molecular formula is C24H19N3O3S2. The Morgan fingerprint density at radius 3 is 2.84 bits per heavy atom. The predicted octanol–water partition coefficient (Wildman–Crippen LogP) is 4.84. The normalized spacial score (nSPS) is 10.6. The number of nitrogens with one attached hydrogen (secondary N) is 2. The number of furan rings is 1. The summed E-state index contributed by atoms with van der Waals surface area (Å²) >= 11 is 3.11. The van der Waals surface area contributed by atoms with Crippen LogP contribution in [0, 0.1) is 19.3 Å². The van der Waals surface area contributed by atoms with Crippen LogP contribution >= 0.6 is 23.1 Å². The van der Waals surface area contributed by atoms with Crippen LogP contribution in [0.1, 0.15) is 27.4 Å². The molecule has 0 radical (unpaired) electrons.